The zero-order valence-corrected chi connectivity index (χ0v) is 17.2. The molecule has 1 saturated heterocycles. The molecular weight excluding hydrogens is 407 g/mol. The van der Waals surface area contributed by atoms with Crippen molar-refractivity contribution in [3.8, 4) is 11.4 Å². The van der Waals surface area contributed by atoms with Gasteiger partial charge in [0, 0.05) is 36.5 Å². The lowest BCUT2D eigenvalue weighted by atomic mass is 10.1. The minimum Gasteiger partial charge on any atom is -0.370 e. The molecule has 4 rings (SSSR count). The summed E-state index contributed by atoms with van der Waals surface area (Å²) in [6, 6.07) is 11.6. The van der Waals surface area contributed by atoms with Gasteiger partial charge in [-0.1, -0.05) is 16.8 Å². The maximum atomic E-state index is 13.8. The number of benzene rings is 2. The molecule has 0 atom stereocenters. The van der Waals surface area contributed by atoms with E-state index in [2.05, 4.69) is 20.4 Å². The van der Waals surface area contributed by atoms with E-state index in [4.69, 9.17) is 16.1 Å². The minimum absolute atomic E-state index is 0.151. The smallest absolute Gasteiger partial charge is 0.227 e. The van der Waals surface area contributed by atoms with Crippen LogP contribution in [0, 0.1) is 5.82 Å². The van der Waals surface area contributed by atoms with E-state index in [1.54, 1.807) is 30.3 Å². The van der Waals surface area contributed by atoms with E-state index in [0.717, 1.165) is 37.2 Å². The van der Waals surface area contributed by atoms with E-state index in [9.17, 15) is 9.18 Å². The lowest BCUT2D eigenvalue weighted by Gasteiger charge is -2.30. The van der Waals surface area contributed by atoms with Crippen molar-refractivity contribution in [2.45, 2.75) is 32.1 Å². The molecule has 6 nitrogen and oxygen atoms in total. The molecule has 30 heavy (non-hydrogen) atoms. The Kier molecular flexibility index (Phi) is 6.28. The number of anilines is 2. The molecule has 0 radical (unpaired) electrons. The van der Waals surface area contributed by atoms with Crippen LogP contribution >= 0.6 is 11.6 Å². The molecule has 1 amide bonds. The fourth-order valence-corrected chi connectivity index (χ4v) is 3.65. The molecule has 1 N–H and O–H groups in total. The average Bonchev–Trinajstić information content (AvgIpc) is 3.23. The second kappa shape index (κ2) is 9.26. The standard InChI is InChI=1S/C22H22ClFN4O2/c23-16-6-4-15(5-7-16)22-26-21(30-27-22)11-10-20(29)25-18-14-17(24)8-9-19(18)28-12-2-1-3-13-28/h4-9,14H,1-3,10-13H2,(H,25,29). The number of amides is 1. The summed E-state index contributed by atoms with van der Waals surface area (Å²) < 4.78 is 19.0. The van der Waals surface area contributed by atoms with Gasteiger partial charge in [0.25, 0.3) is 0 Å². The van der Waals surface area contributed by atoms with Gasteiger partial charge in [-0.25, -0.2) is 4.39 Å². The lowest BCUT2D eigenvalue weighted by Crippen LogP contribution is -2.30. The molecule has 0 bridgehead atoms. The number of aryl methyl sites for hydroxylation is 1. The largest absolute Gasteiger partial charge is 0.370 e. The second-order valence-electron chi connectivity index (χ2n) is 7.28. The fourth-order valence-electron chi connectivity index (χ4n) is 3.52. The van der Waals surface area contributed by atoms with Crippen LogP contribution < -0.4 is 10.2 Å². The maximum Gasteiger partial charge on any atom is 0.227 e. The third-order valence-corrected chi connectivity index (χ3v) is 5.32. The van der Waals surface area contributed by atoms with Crippen LogP contribution in [0.25, 0.3) is 11.4 Å². The van der Waals surface area contributed by atoms with Crippen LogP contribution in [0.3, 0.4) is 0 Å². The molecule has 156 valence electrons. The van der Waals surface area contributed by atoms with E-state index in [0.29, 0.717) is 28.8 Å². The zero-order valence-electron chi connectivity index (χ0n) is 16.4. The molecule has 0 spiro atoms. The van der Waals surface area contributed by atoms with Gasteiger partial charge in [0.15, 0.2) is 0 Å². The Morgan fingerprint density at radius 1 is 1.13 bits per heavy atom. The molecule has 2 heterocycles. The monoisotopic (exact) mass is 428 g/mol. The van der Waals surface area contributed by atoms with Gasteiger partial charge in [-0.05, 0) is 61.7 Å². The van der Waals surface area contributed by atoms with Crippen molar-refractivity contribution >= 4 is 28.9 Å². The summed E-state index contributed by atoms with van der Waals surface area (Å²) in [5.41, 5.74) is 2.13. The first-order valence-corrected chi connectivity index (χ1v) is 10.4. The number of piperidine rings is 1. The first-order chi connectivity index (χ1) is 14.6. The topological polar surface area (TPSA) is 71.3 Å². The molecule has 1 aliphatic heterocycles. The first kappa shape index (κ1) is 20.3. The van der Waals surface area contributed by atoms with Gasteiger partial charge >= 0.3 is 0 Å². The first-order valence-electron chi connectivity index (χ1n) is 10.0. The van der Waals surface area contributed by atoms with Crippen molar-refractivity contribution in [1.82, 2.24) is 10.1 Å². The van der Waals surface area contributed by atoms with Gasteiger partial charge in [-0.2, -0.15) is 4.98 Å². The van der Waals surface area contributed by atoms with Crippen molar-refractivity contribution in [1.29, 1.82) is 0 Å². The Balaban J connectivity index is 1.38. The minimum atomic E-state index is -0.379. The number of carbonyl (C=O) groups is 1. The van der Waals surface area contributed by atoms with E-state index in [1.807, 2.05) is 0 Å². The Morgan fingerprint density at radius 2 is 1.90 bits per heavy atom. The Bertz CT molecular complexity index is 1020. The predicted octanol–water partition coefficient (Wildman–Crippen LogP) is 5.09. The molecule has 0 saturated carbocycles. The van der Waals surface area contributed by atoms with Crippen LogP contribution in [-0.2, 0) is 11.2 Å². The van der Waals surface area contributed by atoms with Gasteiger partial charge in [-0.15, -0.1) is 0 Å². The van der Waals surface area contributed by atoms with Gasteiger partial charge in [0.1, 0.15) is 5.82 Å². The lowest BCUT2D eigenvalue weighted by molar-refractivity contribution is -0.116. The highest BCUT2D eigenvalue weighted by molar-refractivity contribution is 6.30. The number of nitrogens with zero attached hydrogens (tertiary/aromatic N) is 3. The summed E-state index contributed by atoms with van der Waals surface area (Å²) in [5, 5.41) is 7.41. The summed E-state index contributed by atoms with van der Waals surface area (Å²) in [4.78, 5) is 19.0. The van der Waals surface area contributed by atoms with E-state index in [-0.39, 0.29) is 18.1 Å². The van der Waals surface area contributed by atoms with Crippen molar-refractivity contribution < 1.29 is 13.7 Å². The SMILES string of the molecule is O=C(CCc1nc(-c2ccc(Cl)cc2)no1)Nc1cc(F)ccc1N1CCCCC1. The van der Waals surface area contributed by atoms with Gasteiger partial charge in [0.2, 0.25) is 17.6 Å². The highest BCUT2D eigenvalue weighted by atomic mass is 35.5. The molecule has 2 aromatic carbocycles. The summed E-state index contributed by atoms with van der Waals surface area (Å²) in [6.07, 6.45) is 3.83. The summed E-state index contributed by atoms with van der Waals surface area (Å²) in [6.45, 7) is 1.81. The predicted molar refractivity (Wildman–Crippen MR) is 114 cm³/mol. The van der Waals surface area contributed by atoms with Crippen molar-refractivity contribution in [2.75, 3.05) is 23.3 Å². The number of nitrogens with one attached hydrogen (secondary N) is 1. The molecule has 1 aromatic heterocycles. The third kappa shape index (κ3) is 4.97. The number of hydrogen-bond donors (Lipinski definition) is 1. The molecule has 1 aliphatic rings. The second-order valence-corrected chi connectivity index (χ2v) is 7.71. The molecule has 8 heteroatoms. The highest BCUT2D eigenvalue weighted by Gasteiger charge is 2.17. The maximum absolute atomic E-state index is 13.8. The Hall–Kier alpha value is -2.93. The number of rotatable bonds is 6. The Labute approximate surface area is 179 Å². The number of carbonyl (C=O) groups excluding carboxylic acids is 1. The number of halogens is 2. The van der Waals surface area contributed by atoms with Crippen LogP contribution in [0.4, 0.5) is 15.8 Å². The summed E-state index contributed by atoms with van der Waals surface area (Å²) >= 11 is 5.89. The molecular formula is C22H22ClFN4O2. The van der Waals surface area contributed by atoms with Crippen LogP contribution in [0.5, 0.6) is 0 Å². The van der Waals surface area contributed by atoms with Crippen LogP contribution in [0.1, 0.15) is 31.6 Å². The quantitative estimate of drug-likeness (QED) is 0.592. The number of hydrogen-bond acceptors (Lipinski definition) is 5. The molecule has 1 fully saturated rings. The van der Waals surface area contributed by atoms with Gasteiger partial charge < -0.3 is 14.7 Å². The molecule has 0 aliphatic carbocycles. The Morgan fingerprint density at radius 3 is 2.67 bits per heavy atom. The van der Waals surface area contributed by atoms with Crippen LogP contribution in [-0.4, -0.2) is 29.1 Å². The highest BCUT2D eigenvalue weighted by Crippen LogP contribution is 2.29. The van der Waals surface area contributed by atoms with E-state index < -0.39 is 0 Å². The zero-order chi connectivity index (χ0) is 20.9. The van der Waals surface area contributed by atoms with E-state index in [1.165, 1.54) is 18.6 Å². The molecule has 0 unspecified atom stereocenters. The fraction of sp³-hybridized carbons (Fsp3) is 0.318. The van der Waals surface area contributed by atoms with Crippen LogP contribution in [0.15, 0.2) is 47.0 Å². The molecule has 3 aromatic rings. The third-order valence-electron chi connectivity index (χ3n) is 5.07. The normalized spacial score (nSPS) is 14.0. The van der Waals surface area contributed by atoms with Crippen LogP contribution in [0.2, 0.25) is 5.02 Å². The van der Waals surface area contributed by atoms with Crippen molar-refractivity contribution in [3.05, 3.63) is 59.2 Å². The van der Waals surface area contributed by atoms with Gasteiger partial charge in [-0.3, -0.25) is 4.79 Å². The summed E-state index contributed by atoms with van der Waals surface area (Å²) in [5.74, 6) is 0.200. The number of aromatic nitrogens is 2. The van der Waals surface area contributed by atoms with Crippen molar-refractivity contribution in [3.63, 3.8) is 0 Å². The van der Waals surface area contributed by atoms with Crippen molar-refractivity contribution in [2.24, 2.45) is 0 Å². The summed E-state index contributed by atoms with van der Waals surface area (Å²) in [7, 11) is 0. The van der Waals surface area contributed by atoms with Gasteiger partial charge in [0.05, 0.1) is 11.4 Å². The average molecular weight is 429 g/mol. The van der Waals surface area contributed by atoms with E-state index >= 15 is 0 Å².